The van der Waals surface area contributed by atoms with Gasteiger partial charge in [0.25, 0.3) is 5.89 Å². The minimum Gasteiger partial charge on any atom is -0.368 e. The van der Waals surface area contributed by atoms with E-state index in [4.69, 9.17) is 9.26 Å². The first kappa shape index (κ1) is 15.8. The van der Waals surface area contributed by atoms with Crippen LogP contribution < -0.4 is 5.32 Å². The molecule has 1 N–H and O–H groups in total. The van der Waals surface area contributed by atoms with Gasteiger partial charge in [-0.05, 0) is 74.5 Å². The fraction of sp³-hybridized carbons (Fsp3) is 0.842. The average Bonchev–Trinajstić information content (AvgIpc) is 3.22. The van der Waals surface area contributed by atoms with Crippen molar-refractivity contribution in [1.29, 1.82) is 0 Å². The lowest BCUT2D eigenvalue weighted by atomic mass is 9.49. The molecule has 1 aromatic heterocycles. The molecule has 6 nitrogen and oxygen atoms in total. The maximum Gasteiger partial charge on any atom is 0.255 e. The molecule has 1 aromatic rings. The highest BCUT2D eigenvalue weighted by Gasteiger charge is 2.51. The molecule has 2 heterocycles. The standard InChI is InChI=1S/C19H27N3O3/c23-17(10-19-7-12-4-13(8-19)6-14(5-12)9-19)20-11-16-21-18(25-22-16)15-2-1-3-24-15/h12-15H,1-11H2,(H,20,23)/t12?,13?,14?,15-,19?/m1/s1. The molecular weight excluding hydrogens is 318 g/mol. The van der Waals surface area contributed by atoms with Crippen molar-refractivity contribution in [2.45, 2.75) is 70.4 Å². The predicted octanol–water partition coefficient (Wildman–Crippen LogP) is 3.14. The van der Waals surface area contributed by atoms with Crippen LogP contribution in [0.15, 0.2) is 4.52 Å². The van der Waals surface area contributed by atoms with Gasteiger partial charge >= 0.3 is 0 Å². The Bertz CT molecular complexity index is 615. The van der Waals surface area contributed by atoms with Crippen molar-refractivity contribution < 1.29 is 14.1 Å². The number of carbonyl (C=O) groups is 1. The fourth-order valence-electron chi connectivity index (χ4n) is 6.33. The van der Waals surface area contributed by atoms with Gasteiger partial charge in [-0.25, -0.2) is 0 Å². The van der Waals surface area contributed by atoms with Crippen LogP contribution in [0.3, 0.4) is 0 Å². The van der Waals surface area contributed by atoms with Crippen LogP contribution in [0.1, 0.15) is 75.6 Å². The number of amides is 1. The molecule has 1 amide bonds. The van der Waals surface area contributed by atoms with E-state index in [1.54, 1.807) is 0 Å². The molecule has 0 aromatic carbocycles. The monoisotopic (exact) mass is 345 g/mol. The smallest absolute Gasteiger partial charge is 0.255 e. The second-order valence-electron chi connectivity index (χ2n) is 8.92. The molecule has 6 rings (SSSR count). The Hall–Kier alpha value is -1.43. The molecule has 4 aliphatic carbocycles. The van der Waals surface area contributed by atoms with Crippen LogP contribution in [-0.2, 0) is 16.1 Å². The van der Waals surface area contributed by atoms with Gasteiger partial charge in [-0.15, -0.1) is 0 Å². The van der Waals surface area contributed by atoms with Crippen molar-refractivity contribution in [3.05, 3.63) is 11.7 Å². The van der Waals surface area contributed by atoms with Gasteiger partial charge in [-0.2, -0.15) is 4.98 Å². The minimum absolute atomic E-state index is 0.0658. The summed E-state index contributed by atoms with van der Waals surface area (Å²) in [4.78, 5) is 16.9. The zero-order valence-electron chi connectivity index (χ0n) is 14.7. The van der Waals surface area contributed by atoms with Crippen LogP contribution >= 0.6 is 0 Å². The Labute approximate surface area is 148 Å². The third-order valence-electron chi connectivity index (χ3n) is 6.83. The third kappa shape index (κ3) is 3.09. The molecule has 6 heteroatoms. The zero-order chi connectivity index (χ0) is 16.9. The molecule has 1 aliphatic heterocycles. The van der Waals surface area contributed by atoms with E-state index in [1.807, 2.05) is 0 Å². The maximum absolute atomic E-state index is 12.5. The lowest BCUT2D eigenvalue weighted by Gasteiger charge is -2.56. The predicted molar refractivity (Wildman–Crippen MR) is 89.3 cm³/mol. The quantitative estimate of drug-likeness (QED) is 0.887. The van der Waals surface area contributed by atoms with Crippen LogP contribution in [0.2, 0.25) is 0 Å². The van der Waals surface area contributed by atoms with Crippen molar-refractivity contribution in [1.82, 2.24) is 15.5 Å². The van der Waals surface area contributed by atoms with Gasteiger partial charge in [0, 0.05) is 13.0 Å². The van der Waals surface area contributed by atoms with Gasteiger partial charge < -0.3 is 14.6 Å². The van der Waals surface area contributed by atoms with E-state index >= 15 is 0 Å². The number of nitrogens with one attached hydrogen (secondary N) is 1. The second kappa shape index (κ2) is 6.08. The minimum atomic E-state index is -0.0658. The van der Waals surface area contributed by atoms with Gasteiger partial charge in [-0.1, -0.05) is 5.16 Å². The Morgan fingerprint density at radius 2 is 1.88 bits per heavy atom. The first-order valence-electron chi connectivity index (χ1n) is 9.88. The lowest BCUT2D eigenvalue weighted by Crippen LogP contribution is -2.48. The van der Waals surface area contributed by atoms with Gasteiger partial charge in [0.2, 0.25) is 5.91 Å². The van der Waals surface area contributed by atoms with E-state index in [1.165, 1.54) is 38.5 Å². The fourth-order valence-corrected chi connectivity index (χ4v) is 6.33. The van der Waals surface area contributed by atoms with E-state index in [-0.39, 0.29) is 17.4 Å². The Morgan fingerprint density at radius 1 is 1.16 bits per heavy atom. The summed E-state index contributed by atoms with van der Waals surface area (Å²) in [7, 11) is 0. The Kier molecular flexibility index (Phi) is 3.84. The summed E-state index contributed by atoms with van der Waals surface area (Å²) in [5, 5.41) is 6.99. The van der Waals surface area contributed by atoms with Gasteiger partial charge in [0.05, 0.1) is 6.54 Å². The van der Waals surface area contributed by atoms with E-state index in [0.717, 1.165) is 37.2 Å². The molecule has 4 saturated carbocycles. The Balaban J connectivity index is 1.16. The second-order valence-corrected chi connectivity index (χ2v) is 8.92. The van der Waals surface area contributed by atoms with Crippen molar-refractivity contribution in [3.63, 3.8) is 0 Å². The average molecular weight is 345 g/mol. The molecule has 4 bridgehead atoms. The van der Waals surface area contributed by atoms with Crippen molar-refractivity contribution in [2.75, 3.05) is 6.61 Å². The molecule has 5 fully saturated rings. The summed E-state index contributed by atoms with van der Waals surface area (Å²) < 4.78 is 10.8. The highest BCUT2D eigenvalue weighted by Crippen LogP contribution is 2.61. The number of nitrogens with zero attached hydrogens (tertiary/aromatic N) is 2. The van der Waals surface area contributed by atoms with E-state index in [9.17, 15) is 4.79 Å². The molecule has 0 spiro atoms. The number of aromatic nitrogens is 2. The van der Waals surface area contributed by atoms with Crippen LogP contribution in [0, 0.1) is 23.2 Å². The van der Waals surface area contributed by atoms with Crippen LogP contribution in [-0.4, -0.2) is 22.7 Å². The van der Waals surface area contributed by atoms with Crippen molar-refractivity contribution in [2.24, 2.45) is 23.2 Å². The number of rotatable bonds is 5. The molecular formula is C19H27N3O3. The summed E-state index contributed by atoms with van der Waals surface area (Å²) in [5.74, 6) is 3.87. The summed E-state index contributed by atoms with van der Waals surface area (Å²) >= 11 is 0. The Morgan fingerprint density at radius 3 is 2.52 bits per heavy atom. The van der Waals surface area contributed by atoms with Crippen LogP contribution in [0.4, 0.5) is 0 Å². The molecule has 1 atom stereocenters. The highest BCUT2D eigenvalue weighted by atomic mass is 16.5. The SMILES string of the molecule is O=C(CC12CC3CC(CC(C3)C1)C2)NCc1noc([C@H]2CCCO2)n1. The van der Waals surface area contributed by atoms with Crippen LogP contribution in [0.5, 0.6) is 0 Å². The number of carbonyl (C=O) groups excluding carboxylic acids is 1. The van der Waals surface area contributed by atoms with E-state index in [0.29, 0.717) is 24.7 Å². The van der Waals surface area contributed by atoms with Gasteiger partial charge in [0.15, 0.2) is 5.82 Å². The maximum atomic E-state index is 12.5. The summed E-state index contributed by atoms with van der Waals surface area (Å²) in [6.45, 7) is 1.10. The van der Waals surface area contributed by atoms with Crippen LogP contribution in [0.25, 0.3) is 0 Å². The summed E-state index contributed by atoms with van der Waals surface area (Å²) in [6, 6.07) is 0. The first-order chi connectivity index (χ1) is 12.2. The topological polar surface area (TPSA) is 77.2 Å². The van der Waals surface area contributed by atoms with E-state index in [2.05, 4.69) is 15.5 Å². The third-order valence-corrected chi connectivity index (χ3v) is 6.83. The number of hydrogen-bond donors (Lipinski definition) is 1. The summed E-state index contributed by atoms with van der Waals surface area (Å²) in [6.07, 6.45) is 10.6. The van der Waals surface area contributed by atoms with Crippen molar-refractivity contribution in [3.8, 4) is 0 Å². The lowest BCUT2D eigenvalue weighted by molar-refractivity contribution is -0.129. The number of ether oxygens (including phenoxy) is 1. The summed E-state index contributed by atoms with van der Waals surface area (Å²) in [5.41, 5.74) is 0.277. The molecule has 25 heavy (non-hydrogen) atoms. The molecule has 136 valence electrons. The first-order valence-corrected chi connectivity index (χ1v) is 9.88. The van der Waals surface area contributed by atoms with Crippen molar-refractivity contribution >= 4 is 5.91 Å². The van der Waals surface area contributed by atoms with E-state index < -0.39 is 0 Å². The largest absolute Gasteiger partial charge is 0.368 e. The zero-order valence-corrected chi connectivity index (χ0v) is 14.7. The molecule has 0 radical (unpaired) electrons. The van der Waals surface area contributed by atoms with Gasteiger partial charge in [-0.3, -0.25) is 4.79 Å². The molecule has 5 aliphatic rings. The molecule has 1 saturated heterocycles. The number of hydrogen-bond acceptors (Lipinski definition) is 5. The normalized spacial score (nSPS) is 39.0. The van der Waals surface area contributed by atoms with Gasteiger partial charge in [0.1, 0.15) is 6.10 Å². The highest BCUT2D eigenvalue weighted by molar-refractivity contribution is 5.76. The molecule has 0 unspecified atom stereocenters.